The Kier molecular flexibility index (Phi) is 5.36. The molecule has 1 heterocycles. The summed E-state index contributed by atoms with van der Waals surface area (Å²) in [5, 5.41) is 6.34. The highest BCUT2D eigenvalue weighted by Crippen LogP contribution is 2.42. The molecule has 0 aromatic rings. The van der Waals surface area contributed by atoms with Gasteiger partial charge in [-0.15, -0.1) is 0 Å². The molecule has 0 spiro atoms. The first kappa shape index (κ1) is 19.6. The lowest BCUT2D eigenvalue weighted by molar-refractivity contribution is -0.151. The van der Waals surface area contributed by atoms with Gasteiger partial charge in [-0.3, -0.25) is 0 Å². The number of hydrogen-bond donors (Lipinski definition) is 0. The van der Waals surface area contributed by atoms with Crippen LogP contribution >= 0.6 is 0 Å². The molecular formula is C18H34N2O3Si. The molecule has 1 aliphatic heterocycles. The van der Waals surface area contributed by atoms with E-state index >= 15 is 0 Å². The van der Waals surface area contributed by atoms with E-state index in [0.29, 0.717) is 0 Å². The van der Waals surface area contributed by atoms with Gasteiger partial charge in [-0.25, -0.2) is 0 Å². The van der Waals surface area contributed by atoms with Gasteiger partial charge in [0, 0.05) is 20.5 Å². The number of nitrogens with zero attached hydrogens (tertiary/aromatic N) is 2. The fraction of sp³-hybridized carbons (Fsp3) is 0.833. The molecule has 24 heavy (non-hydrogen) atoms. The fourth-order valence-corrected chi connectivity index (χ4v) is 4.14. The van der Waals surface area contributed by atoms with Crippen molar-refractivity contribution in [3.8, 4) is 0 Å². The summed E-state index contributed by atoms with van der Waals surface area (Å²) in [7, 11) is 1.95. The maximum absolute atomic E-state index is 6.71. The van der Waals surface area contributed by atoms with Crippen molar-refractivity contribution in [3.05, 3.63) is 11.6 Å². The molecule has 5 nitrogen and oxygen atoms in total. The van der Waals surface area contributed by atoms with Crippen LogP contribution in [-0.4, -0.2) is 57.7 Å². The van der Waals surface area contributed by atoms with E-state index < -0.39 is 14.1 Å². The van der Waals surface area contributed by atoms with E-state index in [-0.39, 0.29) is 23.4 Å². The van der Waals surface area contributed by atoms with Crippen LogP contribution < -0.4 is 0 Å². The first-order valence-corrected chi connectivity index (χ1v) is 11.7. The normalized spacial score (nSPS) is 30.4. The number of fused-ring (bicyclic) bond motifs is 1. The molecule has 0 bridgehead atoms. The minimum atomic E-state index is -1.89. The second kappa shape index (κ2) is 6.55. The molecule has 0 saturated carbocycles. The van der Waals surface area contributed by atoms with Crippen LogP contribution in [0.25, 0.3) is 0 Å². The Morgan fingerprint density at radius 2 is 1.92 bits per heavy atom. The van der Waals surface area contributed by atoms with Gasteiger partial charge in [0.2, 0.25) is 0 Å². The summed E-state index contributed by atoms with van der Waals surface area (Å²) in [6.45, 7) is 15.3. The van der Waals surface area contributed by atoms with Gasteiger partial charge in [0.15, 0.2) is 14.1 Å². The third-order valence-corrected chi connectivity index (χ3v) is 9.56. The first-order chi connectivity index (χ1) is 10.8. The van der Waals surface area contributed by atoms with E-state index in [0.717, 1.165) is 12.0 Å². The molecule has 3 atom stereocenters. The minimum Gasteiger partial charge on any atom is -0.411 e. The van der Waals surface area contributed by atoms with Crippen LogP contribution in [0.3, 0.4) is 0 Å². The van der Waals surface area contributed by atoms with Crippen molar-refractivity contribution in [2.45, 2.75) is 83.3 Å². The molecule has 0 aromatic heterocycles. The molecule has 1 saturated heterocycles. The van der Waals surface area contributed by atoms with E-state index in [9.17, 15) is 0 Å². The Bertz CT molecular complexity index is 521. The molecular weight excluding hydrogens is 320 g/mol. The summed E-state index contributed by atoms with van der Waals surface area (Å²) in [5.74, 6) is -0.574. The van der Waals surface area contributed by atoms with Crippen LogP contribution in [-0.2, 0) is 13.9 Å². The van der Waals surface area contributed by atoms with Crippen LogP contribution in [0.1, 0.15) is 41.0 Å². The predicted octanol–water partition coefficient (Wildman–Crippen LogP) is 3.77. The molecule has 0 aromatic carbocycles. The van der Waals surface area contributed by atoms with E-state index in [1.807, 2.05) is 34.2 Å². The highest BCUT2D eigenvalue weighted by atomic mass is 28.4. The minimum absolute atomic E-state index is 0.00581. The van der Waals surface area contributed by atoms with Crippen LogP contribution in [0, 0.1) is 0 Å². The highest BCUT2D eigenvalue weighted by molar-refractivity contribution is 6.74. The second-order valence-corrected chi connectivity index (χ2v) is 13.8. The average Bonchev–Trinajstić information content (AvgIpc) is 2.69. The zero-order valence-corrected chi connectivity index (χ0v) is 17.7. The maximum Gasteiger partial charge on any atom is 0.192 e. The highest BCUT2D eigenvalue weighted by Gasteiger charge is 2.50. The second-order valence-electron chi connectivity index (χ2n) is 9.02. The predicted molar refractivity (Wildman–Crippen MR) is 101 cm³/mol. The van der Waals surface area contributed by atoms with Crippen molar-refractivity contribution >= 4 is 14.5 Å². The fourth-order valence-electron chi connectivity index (χ4n) is 2.81. The largest absolute Gasteiger partial charge is 0.411 e. The third-order valence-electron chi connectivity index (χ3n) is 5.05. The smallest absolute Gasteiger partial charge is 0.192 e. The van der Waals surface area contributed by atoms with Crippen LogP contribution in [0.4, 0.5) is 0 Å². The van der Waals surface area contributed by atoms with E-state index in [1.54, 1.807) is 5.01 Å². The Morgan fingerprint density at radius 3 is 2.46 bits per heavy atom. The van der Waals surface area contributed by atoms with Crippen molar-refractivity contribution in [3.63, 3.8) is 0 Å². The van der Waals surface area contributed by atoms with Gasteiger partial charge in [-0.05, 0) is 43.6 Å². The van der Waals surface area contributed by atoms with Gasteiger partial charge < -0.3 is 18.9 Å². The lowest BCUT2D eigenvalue weighted by Gasteiger charge is -2.42. The summed E-state index contributed by atoms with van der Waals surface area (Å²) in [4.78, 5) is 0. The SMILES string of the molecule is CN(C)/N=C/C1=C[C@H]2OC(C)(C)O[C@H]2[C@H](O[Si](C)(C)C(C)(C)C)C1. The van der Waals surface area contributed by atoms with E-state index in [1.165, 1.54) is 0 Å². The Balaban J connectivity index is 2.25. The van der Waals surface area contributed by atoms with E-state index in [4.69, 9.17) is 13.9 Å². The Morgan fingerprint density at radius 1 is 1.29 bits per heavy atom. The molecule has 138 valence electrons. The monoisotopic (exact) mass is 354 g/mol. The third kappa shape index (κ3) is 4.48. The van der Waals surface area contributed by atoms with Crippen molar-refractivity contribution in [2.24, 2.45) is 5.10 Å². The summed E-state index contributed by atoms with van der Waals surface area (Å²) in [6.07, 6.45) is 4.74. The average molecular weight is 355 g/mol. The van der Waals surface area contributed by atoms with Crippen LogP contribution in [0.5, 0.6) is 0 Å². The molecule has 6 heteroatoms. The molecule has 0 amide bonds. The lowest BCUT2D eigenvalue weighted by atomic mass is 9.93. The summed E-state index contributed by atoms with van der Waals surface area (Å²) in [5.41, 5.74) is 1.15. The summed E-state index contributed by atoms with van der Waals surface area (Å²) in [6, 6.07) is 0. The molecule has 2 aliphatic rings. The van der Waals surface area contributed by atoms with Gasteiger partial charge in [0.25, 0.3) is 0 Å². The quantitative estimate of drug-likeness (QED) is 0.438. The number of hydrazone groups is 1. The van der Waals surface area contributed by atoms with Gasteiger partial charge in [0.05, 0.1) is 12.3 Å². The zero-order valence-electron chi connectivity index (χ0n) is 16.7. The standard InChI is InChI=1S/C18H34N2O3Si/c1-17(2,3)24(8,9)23-15-11-13(12-19-20(6)7)10-14-16(15)22-18(4,5)21-14/h10,12,14-16H,11H2,1-9H3/b19-12+/t14-,15-,16-/m1/s1. The van der Waals surface area contributed by atoms with E-state index in [2.05, 4.69) is 45.0 Å². The molecule has 0 unspecified atom stereocenters. The summed E-state index contributed by atoms with van der Waals surface area (Å²) >= 11 is 0. The number of ether oxygens (including phenoxy) is 2. The number of hydrogen-bond acceptors (Lipinski definition) is 5. The maximum atomic E-state index is 6.71. The first-order valence-electron chi connectivity index (χ1n) is 8.76. The molecule has 1 aliphatic carbocycles. The molecule has 0 N–H and O–H groups in total. The zero-order chi connectivity index (χ0) is 18.3. The number of rotatable bonds is 4. The topological polar surface area (TPSA) is 43.3 Å². The van der Waals surface area contributed by atoms with Gasteiger partial charge >= 0.3 is 0 Å². The van der Waals surface area contributed by atoms with Crippen LogP contribution in [0.2, 0.25) is 18.1 Å². The van der Waals surface area contributed by atoms with Crippen molar-refractivity contribution in [2.75, 3.05) is 14.1 Å². The van der Waals surface area contributed by atoms with Crippen molar-refractivity contribution in [1.82, 2.24) is 5.01 Å². The lowest BCUT2D eigenvalue weighted by Crippen LogP contribution is -2.50. The van der Waals surface area contributed by atoms with Gasteiger partial charge in [0.1, 0.15) is 12.2 Å². The molecule has 1 fully saturated rings. The summed E-state index contributed by atoms with van der Waals surface area (Å²) < 4.78 is 19.0. The van der Waals surface area contributed by atoms with Gasteiger partial charge in [-0.1, -0.05) is 20.8 Å². The molecule has 2 rings (SSSR count). The van der Waals surface area contributed by atoms with Crippen molar-refractivity contribution in [1.29, 1.82) is 0 Å². The Hall–Kier alpha value is -0.693. The van der Waals surface area contributed by atoms with Crippen LogP contribution in [0.15, 0.2) is 16.8 Å². The Labute approximate surface area is 148 Å². The van der Waals surface area contributed by atoms with Gasteiger partial charge in [-0.2, -0.15) is 5.10 Å². The molecule has 0 radical (unpaired) electrons. The van der Waals surface area contributed by atoms with Crippen molar-refractivity contribution < 1.29 is 13.9 Å².